The molecule has 0 aromatic rings. The third-order valence-electron chi connectivity index (χ3n) is 2.12. The third-order valence-corrected chi connectivity index (χ3v) is 2.12. The zero-order valence-electron chi connectivity index (χ0n) is 7.18. The van der Waals surface area contributed by atoms with Gasteiger partial charge in [-0.05, 0) is 33.1 Å². The van der Waals surface area contributed by atoms with E-state index in [1.54, 1.807) is 0 Å². The molecule has 3 nitrogen and oxygen atoms in total. The van der Waals surface area contributed by atoms with Crippen LogP contribution in [0.5, 0.6) is 0 Å². The molecule has 0 spiro atoms. The van der Waals surface area contributed by atoms with Crippen LogP contribution in [0.2, 0.25) is 0 Å². The van der Waals surface area contributed by atoms with Gasteiger partial charge in [-0.3, -0.25) is 4.79 Å². The Balaban J connectivity index is 2.63. The summed E-state index contributed by atoms with van der Waals surface area (Å²) >= 11 is 0. The highest BCUT2D eigenvalue weighted by Crippen LogP contribution is 2.17. The number of nitrogens with one attached hydrogen (secondary N) is 1. The van der Waals surface area contributed by atoms with Crippen molar-refractivity contribution in [2.45, 2.75) is 44.7 Å². The molecule has 1 amide bonds. The van der Waals surface area contributed by atoms with Gasteiger partial charge in [0.05, 0.1) is 6.04 Å². The average molecular weight is 156 g/mol. The lowest BCUT2D eigenvalue weighted by Crippen LogP contribution is -2.47. The number of hydrogen-bond acceptors (Lipinski definition) is 2. The van der Waals surface area contributed by atoms with Crippen molar-refractivity contribution < 1.29 is 4.79 Å². The second-order valence-electron chi connectivity index (χ2n) is 3.87. The Kier molecular flexibility index (Phi) is 2.18. The number of carbonyl (C=O) groups excluding carboxylic acids is 1. The minimum Gasteiger partial charge on any atom is -0.350 e. The topological polar surface area (TPSA) is 55.1 Å². The maximum absolute atomic E-state index is 11.2. The minimum atomic E-state index is -0.295. The summed E-state index contributed by atoms with van der Waals surface area (Å²) in [5, 5.41) is 2.90. The summed E-state index contributed by atoms with van der Waals surface area (Å²) in [6.45, 7) is 4.06. The number of carbonyl (C=O) groups is 1. The zero-order chi connectivity index (χ0) is 8.48. The molecule has 1 fully saturated rings. The molecule has 1 saturated heterocycles. The van der Waals surface area contributed by atoms with Gasteiger partial charge in [-0.2, -0.15) is 0 Å². The second kappa shape index (κ2) is 2.81. The highest BCUT2D eigenvalue weighted by atomic mass is 16.2. The molecule has 11 heavy (non-hydrogen) atoms. The standard InChI is InChI=1S/C8H16N2O/c1-8(2)5-3-4-6(9)7(11)10-8/h6H,3-5,9H2,1-2H3,(H,10,11)/t6-/m0/s1. The van der Waals surface area contributed by atoms with E-state index in [4.69, 9.17) is 5.73 Å². The zero-order valence-corrected chi connectivity index (χ0v) is 7.18. The monoisotopic (exact) mass is 156 g/mol. The number of rotatable bonds is 0. The van der Waals surface area contributed by atoms with Crippen LogP contribution in [0.1, 0.15) is 33.1 Å². The Morgan fingerprint density at radius 1 is 1.64 bits per heavy atom. The van der Waals surface area contributed by atoms with Crippen LogP contribution in [0.3, 0.4) is 0 Å². The van der Waals surface area contributed by atoms with Crippen LogP contribution in [0.15, 0.2) is 0 Å². The SMILES string of the molecule is CC1(C)CCC[C@H](N)C(=O)N1. The maximum Gasteiger partial charge on any atom is 0.237 e. The molecule has 1 aliphatic rings. The van der Waals surface area contributed by atoms with E-state index in [1.165, 1.54) is 0 Å². The molecule has 0 aliphatic carbocycles. The lowest BCUT2D eigenvalue weighted by molar-refractivity contribution is -0.123. The van der Waals surface area contributed by atoms with Gasteiger partial charge in [-0.1, -0.05) is 0 Å². The number of hydrogen-bond donors (Lipinski definition) is 2. The smallest absolute Gasteiger partial charge is 0.237 e. The summed E-state index contributed by atoms with van der Waals surface area (Å²) in [5.41, 5.74) is 5.52. The molecule has 0 radical (unpaired) electrons. The van der Waals surface area contributed by atoms with Crippen molar-refractivity contribution >= 4 is 5.91 Å². The average Bonchev–Trinajstić information content (AvgIpc) is 1.93. The van der Waals surface area contributed by atoms with E-state index in [-0.39, 0.29) is 17.5 Å². The van der Waals surface area contributed by atoms with E-state index < -0.39 is 0 Å². The van der Waals surface area contributed by atoms with Gasteiger partial charge >= 0.3 is 0 Å². The van der Waals surface area contributed by atoms with Crippen molar-refractivity contribution in [3.05, 3.63) is 0 Å². The van der Waals surface area contributed by atoms with Gasteiger partial charge in [0.2, 0.25) is 5.91 Å². The van der Waals surface area contributed by atoms with E-state index in [2.05, 4.69) is 5.32 Å². The molecule has 1 heterocycles. The first-order valence-electron chi connectivity index (χ1n) is 4.09. The van der Waals surface area contributed by atoms with Crippen LogP contribution in [0.4, 0.5) is 0 Å². The fraction of sp³-hybridized carbons (Fsp3) is 0.875. The molecule has 0 unspecified atom stereocenters. The van der Waals surface area contributed by atoms with Gasteiger partial charge in [0.15, 0.2) is 0 Å². The van der Waals surface area contributed by atoms with Crippen LogP contribution in [-0.2, 0) is 4.79 Å². The van der Waals surface area contributed by atoms with E-state index in [1.807, 2.05) is 13.8 Å². The first-order chi connectivity index (χ1) is 5.01. The molecule has 3 N–H and O–H groups in total. The number of amides is 1. The Morgan fingerprint density at radius 2 is 2.27 bits per heavy atom. The van der Waals surface area contributed by atoms with Crippen molar-refractivity contribution in [2.24, 2.45) is 5.73 Å². The van der Waals surface area contributed by atoms with Gasteiger partial charge in [0, 0.05) is 5.54 Å². The fourth-order valence-corrected chi connectivity index (χ4v) is 1.38. The van der Waals surface area contributed by atoms with Crippen molar-refractivity contribution in [1.29, 1.82) is 0 Å². The van der Waals surface area contributed by atoms with Crippen LogP contribution < -0.4 is 11.1 Å². The molecule has 0 saturated carbocycles. The Hall–Kier alpha value is -0.570. The lowest BCUT2D eigenvalue weighted by atomic mass is 9.99. The first kappa shape index (κ1) is 8.53. The van der Waals surface area contributed by atoms with Gasteiger partial charge in [-0.15, -0.1) is 0 Å². The summed E-state index contributed by atoms with van der Waals surface area (Å²) in [7, 11) is 0. The van der Waals surface area contributed by atoms with Crippen LogP contribution in [-0.4, -0.2) is 17.5 Å². The molecule has 3 heteroatoms. The molecule has 1 aliphatic heterocycles. The first-order valence-corrected chi connectivity index (χ1v) is 4.09. The van der Waals surface area contributed by atoms with Crippen molar-refractivity contribution in [2.75, 3.05) is 0 Å². The van der Waals surface area contributed by atoms with Crippen molar-refractivity contribution in [1.82, 2.24) is 5.32 Å². The largest absolute Gasteiger partial charge is 0.350 e. The maximum atomic E-state index is 11.2. The van der Waals surface area contributed by atoms with Crippen LogP contribution in [0, 0.1) is 0 Å². The predicted octanol–water partition coefficient (Wildman–Crippen LogP) is 0.392. The Morgan fingerprint density at radius 3 is 2.91 bits per heavy atom. The highest BCUT2D eigenvalue weighted by Gasteiger charge is 2.27. The summed E-state index contributed by atoms with van der Waals surface area (Å²) < 4.78 is 0. The molecule has 0 aromatic carbocycles. The predicted molar refractivity (Wildman–Crippen MR) is 44.0 cm³/mol. The van der Waals surface area contributed by atoms with Gasteiger partial charge in [0.1, 0.15) is 0 Å². The van der Waals surface area contributed by atoms with Crippen molar-refractivity contribution in [3.63, 3.8) is 0 Å². The van der Waals surface area contributed by atoms with Gasteiger partial charge < -0.3 is 11.1 Å². The molecule has 1 rings (SSSR count). The molecular formula is C8H16N2O. The lowest BCUT2D eigenvalue weighted by Gasteiger charge is -2.23. The molecule has 1 atom stereocenters. The van der Waals surface area contributed by atoms with Crippen LogP contribution in [0.25, 0.3) is 0 Å². The van der Waals surface area contributed by atoms with E-state index >= 15 is 0 Å². The number of nitrogens with two attached hydrogens (primary N) is 1. The second-order valence-corrected chi connectivity index (χ2v) is 3.87. The molecular weight excluding hydrogens is 140 g/mol. The Bertz CT molecular complexity index is 165. The Labute approximate surface area is 67.3 Å². The molecule has 0 bridgehead atoms. The highest BCUT2D eigenvalue weighted by molar-refractivity contribution is 5.82. The fourth-order valence-electron chi connectivity index (χ4n) is 1.38. The molecule has 0 aromatic heterocycles. The van der Waals surface area contributed by atoms with E-state index in [0.29, 0.717) is 0 Å². The quantitative estimate of drug-likeness (QED) is 0.533. The van der Waals surface area contributed by atoms with Crippen molar-refractivity contribution in [3.8, 4) is 0 Å². The normalized spacial score (nSPS) is 30.8. The summed E-state index contributed by atoms with van der Waals surface area (Å²) in [6.07, 6.45) is 2.87. The van der Waals surface area contributed by atoms with E-state index in [9.17, 15) is 4.79 Å². The summed E-state index contributed by atoms with van der Waals surface area (Å²) in [4.78, 5) is 11.2. The molecule has 64 valence electrons. The van der Waals surface area contributed by atoms with E-state index in [0.717, 1.165) is 19.3 Å². The van der Waals surface area contributed by atoms with Crippen LogP contribution >= 0.6 is 0 Å². The summed E-state index contributed by atoms with van der Waals surface area (Å²) in [5.74, 6) is -0.00694. The minimum absolute atomic E-state index is 0.00694. The van der Waals surface area contributed by atoms with Gasteiger partial charge in [-0.25, -0.2) is 0 Å². The van der Waals surface area contributed by atoms with Gasteiger partial charge in [0.25, 0.3) is 0 Å². The summed E-state index contributed by atoms with van der Waals surface area (Å²) in [6, 6.07) is -0.295. The third kappa shape index (κ3) is 2.19.